The summed E-state index contributed by atoms with van der Waals surface area (Å²) in [6.07, 6.45) is 4.74. The molecule has 0 spiro atoms. The molecular formula is C24H38N2O7. The maximum Gasteiger partial charge on any atom is 0.290 e. The third-order valence-corrected chi connectivity index (χ3v) is 7.05. The fourth-order valence-electron chi connectivity index (χ4n) is 5.38. The van der Waals surface area contributed by atoms with E-state index in [0.717, 1.165) is 64.6 Å². The molecule has 1 aromatic rings. The zero-order valence-corrected chi connectivity index (χ0v) is 19.5. The lowest BCUT2D eigenvalue weighted by Crippen LogP contribution is -2.39. The SMILES string of the molecule is CC[C@@]1(CO)C[C@@H]2CC[C@H]1N2Cc1cccc(OCCN2CCOCC2)c1.O=CO.O=CO. The second kappa shape index (κ2) is 14.1. The van der Waals surface area contributed by atoms with Gasteiger partial charge in [-0.2, -0.15) is 0 Å². The predicted molar refractivity (Wildman–Crippen MR) is 123 cm³/mol. The van der Waals surface area contributed by atoms with E-state index in [0.29, 0.717) is 18.7 Å². The normalized spacial score (nSPS) is 26.5. The van der Waals surface area contributed by atoms with Gasteiger partial charge in [-0.25, -0.2) is 0 Å². The number of morpholine rings is 1. The van der Waals surface area contributed by atoms with Crippen molar-refractivity contribution in [3.8, 4) is 5.75 Å². The quantitative estimate of drug-likeness (QED) is 0.494. The van der Waals surface area contributed by atoms with Gasteiger partial charge in [0, 0.05) is 43.7 Å². The van der Waals surface area contributed by atoms with Gasteiger partial charge < -0.3 is 24.8 Å². The molecule has 9 nitrogen and oxygen atoms in total. The monoisotopic (exact) mass is 466 g/mol. The number of ether oxygens (including phenoxy) is 2. The Morgan fingerprint density at radius 3 is 2.48 bits per heavy atom. The van der Waals surface area contributed by atoms with E-state index in [2.05, 4.69) is 41.0 Å². The van der Waals surface area contributed by atoms with Crippen molar-refractivity contribution < 1.29 is 34.4 Å². The fraction of sp³-hybridized carbons (Fsp3) is 0.667. The average molecular weight is 467 g/mol. The van der Waals surface area contributed by atoms with Crippen LogP contribution in [0.4, 0.5) is 0 Å². The van der Waals surface area contributed by atoms with Crippen molar-refractivity contribution >= 4 is 12.9 Å². The molecule has 1 aromatic carbocycles. The summed E-state index contributed by atoms with van der Waals surface area (Å²) < 4.78 is 11.4. The first kappa shape index (κ1) is 27.0. The summed E-state index contributed by atoms with van der Waals surface area (Å²) in [5.74, 6) is 0.969. The Kier molecular flexibility index (Phi) is 11.6. The number of hydrogen-bond acceptors (Lipinski definition) is 7. The second-order valence-electron chi connectivity index (χ2n) is 8.66. The van der Waals surface area contributed by atoms with E-state index in [4.69, 9.17) is 29.3 Å². The number of aliphatic hydroxyl groups is 1. The van der Waals surface area contributed by atoms with Crippen molar-refractivity contribution in [2.24, 2.45) is 5.41 Å². The van der Waals surface area contributed by atoms with Crippen molar-refractivity contribution in [1.29, 1.82) is 0 Å². The Bertz CT molecular complexity index is 702. The van der Waals surface area contributed by atoms with Crippen LogP contribution in [-0.2, 0) is 20.9 Å². The van der Waals surface area contributed by atoms with Gasteiger partial charge in [-0.1, -0.05) is 19.1 Å². The van der Waals surface area contributed by atoms with Crippen LogP contribution in [0, 0.1) is 5.41 Å². The Morgan fingerprint density at radius 1 is 1.18 bits per heavy atom. The topological polar surface area (TPSA) is 120 Å². The average Bonchev–Trinajstić information content (AvgIpc) is 3.36. The number of carbonyl (C=O) groups is 2. The number of benzene rings is 1. The van der Waals surface area contributed by atoms with Crippen LogP contribution in [0.3, 0.4) is 0 Å². The van der Waals surface area contributed by atoms with Gasteiger partial charge in [0.2, 0.25) is 0 Å². The highest BCUT2D eigenvalue weighted by atomic mass is 16.5. The Labute approximate surface area is 195 Å². The molecule has 2 bridgehead atoms. The zero-order valence-electron chi connectivity index (χ0n) is 19.5. The number of rotatable bonds is 8. The number of aliphatic hydroxyl groups excluding tert-OH is 1. The van der Waals surface area contributed by atoms with Gasteiger partial charge in [-0.15, -0.1) is 0 Å². The molecule has 33 heavy (non-hydrogen) atoms. The van der Waals surface area contributed by atoms with E-state index in [1.54, 1.807) is 0 Å². The predicted octanol–water partition coefficient (Wildman–Crippen LogP) is 1.92. The van der Waals surface area contributed by atoms with Crippen LogP contribution in [0.25, 0.3) is 0 Å². The van der Waals surface area contributed by atoms with E-state index >= 15 is 0 Å². The van der Waals surface area contributed by atoms with E-state index in [1.165, 1.54) is 18.4 Å². The lowest BCUT2D eigenvalue weighted by atomic mass is 9.72. The Balaban J connectivity index is 0.000000582. The molecule has 3 aliphatic heterocycles. The minimum atomic E-state index is -0.250. The highest BCUT2D eigenvalue weighted by Gasteiger charge is 2.54. The van der Waals surface area contributed by atoms with Crippen molar-refractivity contribution in [2.45, 2.75) is 51.2 Å². The number of fused-ring (bicyclic) bond motifs is 2. The summed E-state index contributed by atoms with van der Waals surface area (Å²) in [6, 6.07) is 9.74. The smallest absolute Gasteiger partial charge is 0.290 e. The maximum atomic E-state index is 10.0. The van der Waals surface area contributed by atoms with Crippen molar-refractivity contribution in [2.75, 3.05) is 46.1 Å². The lowest BCUT2D eigenvalue weighted by Gasteiger charge is -2.35. The number of hydrogen-bond donors (Lipinski definition) is 3. The highest BCUT2D eigenvalue weighted by Crippen LogP contribution is 2.51. The second-order valence-corrected chi connectivity index (χ2v) is 8.66. The first-order valence-electron chi connectivity index (χ1n) is 11.6. The molecule has 0 unspecified atom stereocenters. The van der Waals surface area contributed by atoms with Gasteiger partial charge in [-0.05, 0) is 43.4 Å². The number of nitrogens with zero attached hydrogens (tertiary/aromatic N) is 2. The minimum absolute atomic E-state index is 0.120. The molecule has 0 saturated carbocycles. The summed E-state index contributed by atoms with van der Waals surface area (Å²) in [5.41, 5.74) is 1.44. The molecule has 0 aromatic heterocycles. The molecule has 4 rings (SSSR count). The van der Waals surface area contributed by atoms with Gasteiger partial charge in [0.05, 0.1) is 19.8 Å². The maximum absolute atomic E-state index is 10.0. The van der Waals surface area contributed by atoms with Crippen LogP contribution in [0.15, 0.2) is 24.3 Å². The van der Waals surface area contributed by atoms with Crippen molar-refractivity contribution in [3.63, 3.8) is 0 Å². The van der Waals surface area contributed by atoms with Crippen molar-refractivity contribution in [3.05, 3.63) is 29.8 Å². The standard InChI is InChI=1S/C22H34N2O3.2CH2O2/c1-2-22(17-25)15-19-6-7-21(22)24(19)16-18-4-3-5-20(14-18)27-13-10-23-8-11-26-12-9-23;2*2-1-3/h3-5,14,19,21,25H,2,6-13,15-17H2,1H3;2*1H,(H,2,3)/t19-,21+,22-;;/m0../s1. The largest absolute Gasteiger partial charge is 0.492 e. The molecule has 0 radical (unpaired) electrons. The van der Waals surface area contributed by atoms with Crippen LogP contribution in [0.1, 0.15) is 38.2 Å². The summed E-state index contributed by atoms with van der Waals surface area (Å²) >= 11 is 0. The molecule has 3 aliphatic rings. The molecule has 9 heteroatoms. The van der Waals surface area contributed by atoms with Crippen LogP contribution in [0.5, 0.6) is 5.75 Å². The highest BCUT2D eigenvalue weighted by molar-refractivity contribution is 5.33. The summed E-state index contributed by atoms with van der Waals surface area (Å²) in [7, 11) is 0. The van der Waals surface area contributed by atoms with Crippen LogP contribution >= 0.6 is 0 Å². The molecule has 186 valence electrons. The van der Waals surface area contributed by atoms with Gasteiger partial charge in [0.25, 0.3) is 12.9 Å². The molecule has 0 amide bonds. The summed E-state index contributed by atoms with van der Waals surface area (Å²) in [6.45, 7) is 8.39. The van der Waals surface area contributed by atoms with Gasteiger partial charge >= 0.3 is 0 Å². The summed E-state index contributed by atoms with van der Waals surface area (Å²) in [5, 5.41) is 23.8. The van der Waals surface area contributed by atoms with Crippen LogP contribution in [0.2, 0.25) is 0 Å². The molecule has 3 saturated heterocycles. The van der Waals surface area contributed by atoms with Crippen molar-refractivity contribution in [1.82, 2.24) is 9.80 Å². The first-order chi connectivity index (χ1) is 16.1. The summed E-state index contributed by atoms with van der Waals surface area (Å²) in [4.78, 5) is 21.8. The van der Waals surface area contributed by atoms with Crippen LogP contribution < -0.4 is 4.74 Å². The van der Waals surface area contributed by atoms with Crippen LogP contribution in [-0.4, -0.2) is 96.2 Å². The Morgan fingerprint density at radius 2 is 1.88 bits per heavy atom. The molecule has 3 atom stereocenters. The first-order valence-corrected chi connectivity index (χ1v) is 11.6. The van der Waals surface area contributed by atoms with Gasteiger partial charge in [0.15, 0.2) is 0 Å². The lowest BCUT2D eigenvalue weighted by molar-refractivity contribution is -0.123. The minimum Gasteiger partial charge on any atom is -0.492 e. The third-order valence-electron chi connectivity index (χ3n) is 7.05. The molecule has 3 N–H and O–H groups in total. The van der Waals surface area contributed by atoms with E-state index in [9.17, 15) is 5.11 Å². The van der Waals surface area contributed by atoms with Gasteiger partial charge in [0.1, 0.15) is 12.4 Å². The van der Waals surface area contributed by atoms with E-state index < -0.39 is 0 Å². The third kappa shape index (κ3) is 7.40. The molecule has 3 fully saturated rings. The van der Waals surface area contributed by atoms with E-state index in [1.807, 2.05) is 0 Å². The molecule has 3 heterocycles. The fourth-order valence-corrected chi connectivity index (χ4v) is 5.38. The van der Waals surface area contributed by atoms with E-state index in [-0.39, 0.29) is 18.4 Å². The zero-order chi connectivity index (χ0) is 24.1. The number of carboxylic acid groups (broad SMARTS) is 2. The Hall–Kier alpha value is -2.20. The molecule has 0 aliphatic carbocycles. The van der Waals surface area contributed by atoms with Gasteiger partial charge in [-0.3, -0.25) is 19.4 Å². The molecular weight excluding hydrogens is 428 g/mol.